The third-order valence-electron chi connectivity index (χ3n) is 4.37. The molecule has 0 bridgehead atoms. The van der Waals surface area contributed by atoms with Crippen LogP contribution >= 0.6 is 11.3 Å². The van der Waals surface area contributed by atoms with Gasteiger partial charge in [-0.25, -0.2) is 5.84 Å². The normalized spacial score (nSPS) is 30.5. The Balaban J connectivity index is 1.67. The summed E-state index contributed by atoms with van der Waals surface area (Å²) in [6.45, 7) is 2.73. The Kier molecular flexibility index (Phi) is 3.58. The molecule has 6 heteroatoms. The van der Waals surface area contributed by atoms with E-state index in [1.165, 1.54) is 11.3 Å². The number of hydrazine groups is 1. The predicted molar refractivity (Wildman–Crippen MR) is 73.5 cm³/mol. The van der Waals surface area contributed by atoms with Crippen LogP contribution in [-0.2, 0) is 6.54 Å². The second-order valence-corrected chi connectivity index (χ2v) is 6.43. The Labute approximate surface area is 116 Å². The lowest BCUT2D eigenvalue weighted by Crippen LogP contribution is -2.31. The number of nitrogens with zero attached hydrogens (tertiary/aromatic N) is 1. The van der Waals surface area contributed by atoms with Gasteiger partial charge in [-0.3, -0.25) is 15.1 Å². The van der Waals surface area contributed by atoms with Crippen LogP contribution in [0.5, 0.6) is 0 Å². The number of aliphatic hydroxyl groups excluding tert-OH is 1. The third-order valence-corrected chi connectivity index (χ3v) is 5.33. The Hall–Kier alpha value is -0.950. The number of hydrogen-bond donors (Lipinski definition) is 3. The highest BCUT2D eigenvalue weighted by Gasteiger charge is 2.41. The SMILES string of the molecule is NNC(=O)c1sccc1CN1CC2CCC(O)C2C1. The molecule has 0 spiro atoms. The number of amides is 1. The molecule has 4 N–H and O–H groups in total. The van der Waals surface area contributed by atoms with Crippen LogP contribution in [0.15, 0.2) is 11.4 Å². The van der Waals surface area contributed by atoms with Crippen LogP contribution in [0.4, 0.5) is 0 Å². The molecule has 0 aromatic carbocycles. The lowest BCUT2D eigenvalue weighted by Gasteiger charge is -2.18. The minimum absolute atomic E-state index is 0.135. The van der Waals surface area contributed by atoms with E-state index < -0.39 is 0 Å². The zero-order chi connectivity index (χ0) is 13.4. The summed E-state index contributed by atoms with van der Waals surface area (Å²) in [4.78, 5) is 14.7. The molecule has 3 rings (SSSR count). The van der Waals surface area contributed by atoms with Gasteiger partial charge in [0, 0.05) is 25.6 Å². The molecule has 1 amide bonds. The van der Waals surface area contributed by atoms with Crippen molar-refractivity contribution >= 4 is 17.2 Å². The molecule has 1 saturated heterocycles. The van der Waals surface area contributed by atoms with Gasteiger partial charge in [0.1, 0.15) is 0 Å². The standard InChI is InChI=1S/C13H19N3O2S/c14-15-13(18)12-9(3-4-19-12)6-16-5-8-1-2-11(17)10(8)7-16/h3-4,8,10-11,17H,1-2,5-7,14H2,(H,15,18). The zero-order valence-corrected chi connectivity index (χ0v) is 11.5. The number of nitrogens with one attached hydrogen (secondary N) is 1. The predicted octanol–water partition coefficient (Wildman–Crippen LogP) is 0.554. The van der Waals surface area contributed by atoms with Gasteiger partial charge in [0.25, 0.3) is 5.91 Å². The van der Waals surface area contributed by atoms with Crippen LogP contribution in [0, 0.1) is 11.8 Å². The highest BCUT2D eigenvalue weighted by Crippen LogP contribution is 2.38. The van der Waals surface area contributed by atoms with Gasteiger partial charge in [-0.05, 0) is 35.8 Å². The number of carbonyl (C=O) groups is 1. The summed E-state index contributed by atoms with van der Waals surface area (Å²) in [6, 6.07) is 1.99. The molecule has 1 aliphatic carbocycles. The molecule has 1 aromatic rings. The van der Waals surface area contributed by atoms with Crippen LogP contribution in [0.2, 0.25) is 0 Å². The number of aliphatic hydroxyl groups is 1. The van der Waals surface area contributed by atoms with Crippen molar-refractivity contribution in [2.45, 2.75) is 25.5 Å². The van der Waals surface area contributed by atoms with E-state index >= 15 is 0 Å². The summed E-state index contributed by atoms with van der Waals surface area (Å²) in [5.74, 6) is 6.02. The first-order valence-electron chi connectivity index (χ1n) is 6.66. The summed E-state index contributed by atoms with van der Waals surface area (Å²) in [5, 5.41) is 11.8. The van der Waals surface area contributed by atoms with Gasteiger partial charge in [-0.1, -0.05) is 0 Å². The molecule has 2 aliphatic rings. The monoisotopic (exact) mass is 281 g/mol. The van der Waals surface area contributed by atoms with Crippen molar-refractivity contribution < 1.29 is 9.90 Å². The Morgan fingerprint density at radius 2 is 2.37 bits per heavy atom. The summed E-state index contributed by atoms with van der Waals surface area (Å²) in [6.07, 6.45) is 1.94. The highest BCUT2D eigenvalue weighted by molar-refractivity contribution is 7.12. The minimum atomic E-state index is -0.218. The topological polar surface area (TPSA) is 78.6 Å². The Morgan fingerprint density at radius 3 is 3.11 bits per heavy atom. The highest BCUT2D eigenvalue weighted by atomic mass is 32.1. The van der Waals surface area contributed by atoms with Crippen LogP contribution in [0.1, 0.15) is 28.1 Å². The summed E-state index contributed by atoms with van der Waals surface area (Å²) < 4.78 is 0. The molecule has 2 heterocycles. The lowest BCUT2D eigenvalue weighted by atomic mass is 10.00. The fraction of sp³-hybridized carbons (Fsp3) is 0.615. The average molecular weight is 281 g/mol. The van der Waals surface area contributed by atoms with E-state index in [4.69, 9.17) is 5.84 Å². The van der Waals surface area contributed by atoms with E-state index in [0.29, 0.717) is 16.7 Å². The molecule has 0 radical (unpaired) electrons. The largest absolute Gasteiger partial charge is 0.393 e. The van der Waals surface area contributed by atoms with E-state index in [9.17, 15) is 9.90 Å². The van der Waals surface area contributed by atoms with E-state index in [2.05, 4.69) is 10.3 Å². The summed E-state index contributed by atoms with van der Waals surface area (Å²) in [5.41, 5.74) is 3.22. The quantitative estimate of drug-likeness (QED) is 0.429. The van der Waals surface area contributed by atoms with Crippen molar-refractivity contribution in [2.24, 2.45) is 17.7 Å². The van der Waals surface area contributed by atoms with E-state index in [-0.39, 0.29) is 12.0 Å². The van der Waals surface area contributed by atoms with Crippen LogP contribution in [-0.4, -0.2) is 35.1 Å². The maximum Gasteiger partial charge on any atom is 0.275 e. The fourth-order valence-electron chi connectivity index (χ4n) is 3.42. The van der Waals surface area contributed by atoms with Crippen molar-refractivity contribution in [3.05, 3.63) is 21.9 Å². The number of likely N-dealkylation sites (tertiary alicyclic amines) is 1. The second kappa shape index (κ2) is 5.20. The van der Waals surface area contributed by atoms with Crippen molar-refractivity contribution in [2.75, 3.05) is 13.1 Å². The number of nitrogens with two attached hydrogens (primary N) is 1. The first-order valence-corrected chi connectivity index (χ1v) is 7.54. The molecule has 1 aliphatic heterocycles. The van der Waals surface area contributed by atoms with E-state index in [1.807, 2.05) is 11.4 Å². The molecular weight excluding hydrogens is 262 g/mol. The number of thiophene rings is 1. The van der Waals surface area contributed by atoms with Crippen LogP contribution < -0.4 is 11.3 Å². The van der Waals surface area contributed by atoms with Gasteiger partial charge in [0.05, 0.1) is 11.0 Å². The van der Waals surface area contributed by atoms with Gasteiger partial charge in [-0.15, -0.1) is 11.3 Å². The molecule has 104 valence electrons. The Bertz CT molecular complexity index is 476. The van der Waals surface area contributed by atoms with Crippen molar-refractivity contribution in [3.8, 4) is 0 Å². The first-order chi connectivity index (χ1) is 9.19. The second-order valence-electron chi connectivity index (χ2n) is 5.51. The van der Waals surface area contributed by atoms with Crippen molar-refractivity contribution in [1.29, 1.82) is 0 Å². The maximum atomic E-state index is 11.6. The summed E-state index contributed by atoms with van der Waals surface area (Å²) in [7, 11) is 0. The van der Waals surface area contributed by atoms with Gasteiger partial charge in [-0.2, -0.15) is 0 Å². The molecule has 1 aromatic heterocycles. The smallest absolute Gasteiger partial charge is 0.275 e. The summed E-state index contributed by atoms with van der Waals surface area (Å²) >= 11 is 1.42. The molecule has 19 heavy (non-hydrogen) atoms. The fourth-order valence-corrected chi connectivity index (χ4v) is 4.24. The lowest BCUT2D eigenvalue weighted by molar-refractivity contribution is 0.0955. The number of rotatable bonds is 3. The van der Waals surface area contributed by atoms with Crippen LogP contribution in [0.3, 0.4) is 0 Å². The van der Waals surface area contributed by atoms with Gasteiger partial charge < -0.3 is 5.11 Å². The Morgan fingerprint density at radius 1 is 1.53 bits per heavy atom. The van der Waals surface area contributed by atoms with E-state index in [1.54, 1.807) is 0 Å². The number of fused-ring (bicyclic) bond motifs is 1. The van der Waals surface area contributed by atoms with Crippen molar-refractivity contribution in [1.82, 2.24) is 10.3 Å². The number of hydrogen-bond acceptors (Lipinski definition) is 5. The molecule has 3 atom stereocenters. The first kappa shape index (κ1) is 13.1. The van der Waals surface area contributed by atoms with Crippen LogP contribution in [0.25, 0.3) is 0 Å². The number of carbonyl (C=O) groups excluding carboxylic acids is 1. The van der Waals surface area contributed by atoms with Gasteiger partial charge in [0.15, 0.2) is 0 Å². The molecule has 1 saturated carbocycles. The van der Waals surface area contributed by atoms with Gasteiger partial charge >= 0.3 is 0 Å². The molecule has 3 unspecified atom stereocenters. The third kappa shape index (κ3) is 2.41. The van der Waals surface area contributed by atoms with Crippen molar-refractivity contribution in [3.63, 3.8) is 0 Å². The zero-order valence-electron chi connectivity index (χ0n) is 10.7. The molecular formula is C13H19N3O2S. The molecule has 2 fully saturated rings. The van der Waals surface area contributed by atoms with E-state index in [0.717, 1.165) is 38.0 Å². The molecule has 5 nitrogen and oxygen atoms in total. The number of nitrogen functional groups attached to an aromatic ring is 1. The minimum Gasteiger partial charge on any atom is -0.393 e. The average Bonchev–Trinajstić information content (AvgIpc) is 3.08. The van der Waals surface area contributed by atoms with Gasteiger partial charge in [0.2, 0.25) is 0 Å². The maximum absolute atomic E-state index is 11.6.